The first-order valence-corrected chi connectivity index (χ1v) is 6.45. The van der Waals surface area contributed by atoms with Crippen LogP contribution in [0.4, 0.5) is 17.1 Å². The molecule has 0 unspecified atom stereocenters. The van der Waals surface area contributed by atoms with E-state index in [0.29, 0.717) is 16.9 Å². The van der Waals surface area contributed by atoms with Gasteiger partial charge >= 0.3 is 0 Å². The summed E-state index contributed by atoms with van der Waals surface area (Å²) in [7, 11) is 0. The fourth-order valence-corrected chi connectivity index (χ4v) is 2.18. The minimum atomic E-state index is -0.500. The first-order chi connectivity index (χ1) is 10.1. The number of benzene rings is 2. The lowest BCUT2D eigenvalue weighted by Gasteiger charge is -2.12. The van der Waals surface area contributed by atoms with Gasteiger partial charge in [-0.2, -0.15) is 0 Å². The van der Waals surface area contributed by atoms with Gasteiger partial charge in [0.25, 0.3) is 0 Å². The van der Waals surface area contributed by atoms with E-state index in [1.165, 1.54) is 0 Å². The molecule has 0 fully saturated rings. The standard InChI is InChI=1S/C16H14N4O/c17-12-9-11(16(18)21)6-7-13(12)20-14-5-1-3-10-4-2-8-19-15(10)14/h1-9,20H,17H2,(H2,18,21). The highest BCUT2D eigenvalue weighted by atomic mass is 16.1. The third-order valence-corrected chi connectivity index (χ3v) is 3.24. The van der Waals surface area contributed by atoms with E-state index in [1.807, 2.05) is 30.3 Å². The molecular weight excluding hydrogens is 264 g/mol. The number of nitrogen functional groups attached to an aromatic ring is 1. The largest absolute Gasteiger partial charge is 0.397 e. The van der Waals surface area contributed by atoms with E-state index in [2.05, 4.69) is 10.3 Å². The van der Waals surface area contributed by atoms with E-state index >= 15 is 0 Å². The van der Waals surface area contributed by atoms with Crippen LogP contribution in [0.25, 0.3) is 10.9 Å². The van der Waals surface area contributed by atoms with Gasteiger partial charge in [0, 0.05) is 17.1 Å². The van der Waals surface area contributed by atoms with Crippen LogP contribution in [0.3, 0.4) is 0 Å². The molecule has 5 heteroatoms. The number of nitrogens with two attached hydrogens (primary N) is 2. The lowest BCUT2D eigenvalue weighted by atomic mass is 10.1. The zero-order chi connectivity index (χ0) is 14.8. The first kappa shape index (κ1) is 12.9. The summed E-state index contributed by atoms with van der Waals surface area (Å²) in [6.07, 6.45) is 1.74. The average molecular weight is 278 g/mol. The Bertz CT molecular complexity index is 824. The maximum Gasteiger partial charge on any atom is 0.248 e. The van der Waals surface area contributed by atoms with Crippen LogP contribution in [0.15, 0.2) is 54.7 Å². The monoisotopic (exact) mass is 278 g/mol. The number of para-hydroxylation sites is 1. The quantitative estimate of drug-likeness (QED) is 0.642. The fraction of sp³-hybridized carbons (Fsp3) is 0. The van der Waals surface area contributed by atoms with Gasteiger partial charge in [0.2, 0.25) is 5.91 Å². The summed E-state index contributed by atoms with van der Waals surface area (Å²) in [5.74, 6) is -0.500. The molecule has 0 saturated carbocycles. The van der Waals surface area contributed by atoms with Gasteiger partial charge in [0.05, 0.1) is 22.6 Å². The van der Waals surface area contributed by atoms with Gasteiger partial charge in [-0.05, 0) is 30.3 Å². The van der Waals surface area contributed by atoms with Crippen molar-refractivity contribution in [1.82, 2.24) is 4.98 Å². The normalized spacial score (nSPS) is 10.5. The highest BCUT2D eigenvalue weighted by Gasteiger charge is 2.07. The summed E-state index contributed by atoms with van der Waals surface area (Å²) in [5.41, 5.74) is 14.5. The van der Waals surface area contributed by atoms with Gasteiger partial charge < -0.3 is 16.8 Å². The van der Waals surface area contributed by atoms with Crippen LogP contribution in [-0.2, 0) is 0 Å². The SMILES string of the molecule is NC(=O)c1ccc(Nc2cccc3cccnc23)c(N)c1. The number of carbonyl (C=O) groups is 1. The Kier molecular flexibility index (Phi) is 3.16. The van der Waals surface area contributed by atoms with Crippen LogP contribution in [-0.4, -0.2) is 10.9 Å². The van der Waals surface area contributed by atoms with Crippen LogP contribution in [0, 0.1) is 0 Å². The zero-order valence-corrected chi connectivity index (χ0v) is 11.2. The highest BCUT2D eigenvalue weighted by Crippen LogP contribution is 2.28. The van der Waals surface area contributed by atoms with Gasteiger partial charge in [-0.1, -0.05) is 18.2 Å². The third kappa shape index (κ3) is 2.49. The van der Waals surface area contributed by atoms with Crippen LogP contribution in [0.5, 0.6) is 0 Å². The lowest BCUT2D eigenvalue weighted by Crippen LogP contribution is -2.11. The molecule has 0 bridgehead atoms. The molecule has 21 heavy (non-hydrogen) atoms. The van der Waals surface area contributed by atoms with Crippen molar-refractivity contribution in [3.8, 4) is 0 Å². The number of primary amides is 1. The van der Waals surface area contributed by atoms with Crippen molar-refractivity contribution in [1.29, 1.82) is 0 Å². The van der Waals surface area contributed by atoms with Gasteiger partial charge in [-0.25, -0.2) is 0 Å². The van der Waals surface area contributed by atoms with Crippen LogP contribution in [0.1, 0.15) is 10.4 Å². The average Bonchev–Trinajstić information content (AvgIpc) is 2.49. The van der Waals surface area contributed by atoms with Crippen LogP contribution >= 0.6 is 0 Å². The molecule has 5 N–H and O–H groups in total. The molecule has 1 aromatic heterocycles. The topological polar surface area (TPSA) is 94.0 Å². The smallest absolute Gasteiger partial charge is 0.248 e. The number of nitrogens with zero attached hydrogens (tertiary/aromatic N) is 1. The molecule has 0 aliphatic rings. The Hall–Kier alpha value is -3.08. The molecule has 2 aromatic carbocycles. The molecule has 3 rings (SSSR count). The van der Waals surface area contributed by atoms with Gasteiger partial charge in [-0.3, -0.25) is 9.78 Å². The molecule has 1 amide bonds. The van der Waals surface area contributed by atoms with Crippen molar-refractivity contribution < 1.29 is 4.79 Å². The maximum atomic E-state index is 11.1. The molecular formula is C16H14N4O. The summed E-state index contributed by atoms with van der Waals surface area (Å²) >= 11 is 0. The van der Waals surface area contributed by atoms with Crippen molar-refractivity contribution in [3.63, 3.8) is 0 Å². The summed E-state index contributed by atoms with van der Waals surface area (Å²) in [6.45, 7) is 0. The number of pyridine rings is 1. The highest BCUT2D eigenvalue weighted by molar-refractivity contribution is 5.96. The van der Waals surface area contributed by atoms with Gasteiger partial charge in [-0.15, -0.1) is 0 Å². The van der Waals surface area contributed by atoms with Crippen molar-refractivity contribution in [2.45, 2.75) is 0 Å². The first-order valence-electron chi connectivity index (χ1n) is 6.45. The molecule has 0 saturated heterocycles. The van der Waals surface area contributed by atoms with E-state index in [0.717, 1.165) is 16.6 Å². The second-order valence-corrected chi connectivity index (χ2v) is 4.67. The van der Waals surface area contributed by atoms with E-state index in [4.69, 9.17) is 11.5 Å². The zero-order valence-electron chi connectivity index (χ0n) is 11.2. The van der Waals surface area contributed by atoms with Crippen LogP contribution < -0.4 is 16.8 Å². The Balaban J connectivity index is 2.01. The molecule has 5 nitrogen and oxygen atoms in total. The number of nitrogens with one attached hydrogen (secondary N) is 1. The third-order valence-electron chi connectivity index (χ3n) is 3.24. The van der Waals surface area contributed by atoms with Crippen LogP contribution in [0.2, 0.25) is 0 Å². The van der Waals surface area contributed by atoms with Gasteiger partial charge in [0.15, 0.2) is 0 Å². The van der Waals surface area contributed by atoms with E-state index in [1.54, 1.807) is 24.4 Å². The number of carbonyl (C=O) groups excluding carboxylic acids is 1. The molecule has 1 heterocycles. The van der Waals surface area contributed by atoms with Crippen molar-refractivity contribution >= 4 is 33.9 Å². The number of fused-ring (bicyclic) bond motifs is 1. The van der Waals surface area contributed by atoms with Crippen molar-refractivity contribution in [2.24, 2.45) is 5.73 Å². The summed E-state index contributed by atoms with van der Waals surface area (Å²) in [6, 6.07) is 14.7. The minimum Gasteiger partial charge on any atom is -0.397 e. The molecule has 0 spiro atoms. The summed E-state index contributed by atoms with van der Waals surface area (Å²) < 4.78 is 0. The molecule has 0 aliphatic heterocycles. The van der Waals surface area contributed by atoms with E-state index in [-0.39, 0.29) is 0 Å². The lowest BCUT2D eigenvalue weighted by molar-refractivity contribution is 0.100. The van der Waals surface area contributed by atoms with Crippen molar-refractivity contribution in [2.75, 3.05) is 11.1 Å². The van der Waals surface area contributed by atoms with E-state index in [9.17, 15) is 4.79 Å². The number of rotatable bonds is 3. The molecule has 0 atom stereocenters. The van der Waals surface area contributed by atoms with Gasteiger partial charge in [0.1, 0.15) is 0 Å². The predicted octanol–water partition coefficient (Wildman–Crippen LogP) is 2.66. The maximum absolute atomic E-state index is 11.1. The Morgan fingerprint density at radius 2 is 1.86 bits per heavy atom. The minimum absolute atomic E-state index is 0.383. The molecule has 3 aromatic rings. The summed E-state index contributed by atoms with van der Waals surface area (Å²) in [5, 5.41) is 4.28. The van der Waals surface area contributed by atoms with E-state index < -0.39 is 5.91 Å². The number of aromatic nitrogens is 1. The predicted molar refractivity (Wildman–Crippen MR) is 84.4 cm³/mol. The second-order valence-electron chi connectivity index (χ2n) is 4.67. The number of hydrogen-bond acceptors (Lipinski definition) is 4. The Morgan fingerprint density at radius 1 is 1.05 bits per heavy atom. The fourth-order valence-electron chi connectivity index (χ4n) is 2.18. The molecule has 0 aliphatic carbocycles. The number of amides is 1. The number of anilines is 3. The second kappa shape index (κ2) is 5.13. The Labute approximate surface area is 121 Å². The summed E-state index contributed by atoms with van der Waals surface area (Å²) in [4.78, 5) is 15.5. The van der Waals surface area contributed by atoms with Crippen molar-refractivity contribution in [3.05, 3.63) is 60.3 Å². The molecule has 0 radical (unpaired) electrons. The number of hydrogen-bond donors (Lipinski definition) is 3. The molecule has 104 valence electrons. The Morgan fingerprint density at radius 3 is 2.62 bits per heavy atom.